The zero-order chi connectivity index (χ0) is 15.0. The van der Waals surface area contributed by atoms with Gasteiger partial charge < -0.3 is 14.7 Å². The number of nitrogens with zero attached hydrogens (tertiary/aromatic N) is 1. The Morgan fingerprint density at radius 2 is 1.85 bits per heavy atom. The van der Waals surface area contributed by atoms with E-state index in [0.717, 1.165) is 37.2 Å². The summed E-state index contributed by atoms with van der Waals surface area (Å²) in [5, 5.41) is 9.58. The summed E-state index contributed by atoms with van der Waals surface area (Å²) in [6.07, 6.45) is 5.69. The van der Waals surface area contributed by atoms with E-state index in [0.29, 0.717) is 11.9 Å². The third-order valence-electron chi connectivity index (χ3n) is 3.32. The molecular weight excluding hydrogens is 250 g/mol. The Labute approximate surface area is 122 Å². The van der Waals surface area contributed by atoms with Crippen LogP contribution in [0.1, 0.15) is 18.4 Å². The fraction of sp³-hybridized carbons (Fsp3) is 0.412. The average molecular weight is 275 g/mol. The van der Waals surface area contributed by atoms with E-state index < -0.39 is 0 Å². The molecule has 0 amide bonds. The van der Waals surface area contributed by atoms with Gasteiger partial charge in [0.05, 0.1) is 0 Å². The average Bonchev–Trinajstić information content (AvgIpc) is 2.46. The first-order chi connectivity index (χ1) is 9.56. The van der Waals surface area contributed by atoms with E-state index in [9.17, 15) is 5.11 Å². The Bertz CT molecular complexity index is 429. The van der Waals surface area contributed by atoms with Crippen molar-refractivity contribution in [1.29, 1.82) is 0 Å². The van der Waals surface area contributed by atoms with E-state index in [1.54, 1.807) is 18.2 Å². The highest BCUT2D eigenvalue weighted by Crippen LogP contribution is 2.25. The summed E-state index contributed by atoms with van der Waals surface area (Å²) in [6.45, 7) is 10.8. The highest BCUT2D eigenvalue weighted by molar-refractivity contribution is 5.38. The monoisotopic (exact) mass is 275 g/mol. The lowest BCUT2D eigenvalue weighted by Gasteiger charge is -2.29. The van der Waals surface area contributed by atoms with Crippen molar-refractivity contribution in [2.45, 2.75) is 25.9 Å². The number of ether oxygens (including phenoxy) is 1. The Balaban J connectivity index is 0.000000444. The maximum Gasteiger partial charge on any atom is 0.123 e. The smallest absolute Gasteiger partial charge is 0.123 e. The number of aryl methyl sites for hydroxylation is 1. The van der Waals surface area contributed by atoms with Gasteiger partial charge in [0.2, 0.25) is 0 Å². The normalized spacial score (nSPS) is 15.9. The fourth-order valence-corrected chi connectivity index (χ4v) is 1.96. The molecule has 0 aliphatic carbocycles. The molecule has 1 fully saturated rings. The van der Waals surface area contributed by atoms with Crippen LogP contribution < -0.4 is 4.74 Å². The number of allylic oxidation sites excluding steroid dienone is 2. The Kier molecular flexibility index (Phi) is 6.88. The number of benzene rings is 1. The highest BCUT2D eigenvalue weighted by atomic mass is 16.5. The molecule has 1 saturated heterocycles. The third-order valence-corrected chi connectivity index (χ3v) is 3.32. The van der Waals surface area contributed by atoms with Gasteiger partial charge in [0.25, 0.3) is 0 Å². The predicted molar refractivity (Wildman–Crippen MR) is 84.4 cm³/mol. The Morgan fingerprint density at radius 3 is 2.35 bits per heavy atom. The van der Waals surface area contributed by atoms with Crippen molar-refractivity contribution >= 4 is 0 Å². The molecule has 0 bridgehead atoms. The molecule has 0 aromatic heterocycles. The van der Waals surface area contributed by atoms with Crippen LogP contribution in [0.5, 0.6) is 11.5 Å². The largest absolute Gasteiger partial charge is 0.508 e. The summed E-state index contributed by atoms with van der Waals surface area (Å²) >= 11 is 0. The molecule has 1 aromatic carbocycles. The highest BCUT2D eigenvalue weighted by Gasteiger charge is 2.18. The molecule has 0 unspecified atom stereocenters. The molecule has 1 aliphatic heterocycles. The maximum absolute atomic E-state index is 9.58. The number of rotatable bonds is 3. The van der Waals surface area contributed by atoms with Gasteiger partial charge in [-0.25, -0.2) is 0 Å². The molecule has 1 heterocycles. The van der Waals surface area contributed by atoms with E-state index in [4.69, 9.17) is 4.74 Å². The SMILES string of the molecule is C=CC=C.Cc1ccc(OC2CCN(C)CC2)cc1O. The number of hydrogen-bond donors (Lipinski definition) is 1. The van der Waals surface area contributed by atoms with Gasteiger partial charge >= 0.3 is 0 Å². The van der Waals surface area contributed by atoms with Crippen LogP contribution in [-0.2, 0) is 0 Å². The van der Waals surface area contributed by atoms with Crippen LogP contribution in [0.4, 0.5) is 0 Å². The summed E-state index contributed by atoms with van der Waals surface area (Å²) in [7, 11) is 2.13. The first-order valence-corrected chi connectivity index (χ1v) is 6.95. The van der Waals surface area contributed by atoms with Gasteiger partial charge in [-0.2, -0.15) is 0 Å². The molecule has 0 spiro atoms. The van der Waals surface area contributed by atoms with Crippen molar-refractivity contribution in [3.05, 3.63) is 49.1 Å². The number of aromatic hydroxyl groups is 1. The van der Waals surface area contributed by atoms with Crippen LogP contribution >= 0.6 is 0 Å². The van der Waals surface area contributed by atoms with E-state index in [2.05, 4.69) is 25.1 Å². The Morgan fingerprint density at radius 1 is 1.25 bits per heavy atom. The third kappa shape index (κ3) is 5.49. The lowest BCUT2D eigenvalue weighted by molar-refractivity contribution is 0.114. The van der Waals surface area contributed by atoms with E-state index in [1.165, 1.54) is 0 Å². The van der Waals surface area contributed by atoms with Crippen molar-refractivity contribution in [3.8, 4) is 11.5 Å². The van der Waals surface area contributed by atoms with Gasteiger partial charge in [-0.3, -0.25) is 0 Å². The minimum Gasteiger partial charge on any atom is -0.508 e. The first kappa shape index (κ1) is 16.3. The van der Waals surface area contributed by atoms with Crippen LogP contribution in [0.2, 0.25) is 0 Å². The van der Waals surface area contributed by atoms with E-state index in [-0.39, 0.29) is 0 Å². The van der Waals surface area contributed by atoms with Crippen LogP contribution in [-0.4, -0.2) is 36.2 Å². The fourth-order valence-electron chi connectivity index (χ4n) is 1.96. The predicted octanol–water partition coefficient (Wildman–Crippen LogP) is 3.53. The van der Waals surface area contributed by atoms with Crippen molar-refractivity contribution in [2.75, 3.05) is 20.1 Å². The van der Waals surface area contributed by atoms with Gasteiger partial charge in [0, 0.05) is 19.2 Å². The second kappa shape index (κ2) is 8.43. The van der Waals surface area contributed by atoms with Crippen LogP contribution in [0.15, 0.2) is 43.5 Å². The standard InChI is InChI=1S/C13H19NO2.C4H6/c1-10-3-4-12(9-13(10)15)16-11-5-7-14(2)8-6-11;1-3-4-2/h3-4,9,11,15H,5-8H2,1-2H3;3-4H,1-2H2. The minimum absolute atomic E-state index is 0.290. The van der Waals surface area contributed by atoms with E-state index in [1.807, 2.05) is 19.1 Å². The molecule has 0 saturated carbocycles. The van der Waals surface area contributed by atoms with Crippen molar-refractivity contribution in [1.82, 2.24) is 4.90 Å². The topological polar surface area (TPSA) is 32.7 Å². The molecule has 1 aromatic rings. The zero-order valence-electron chi connectivity index (χ0n) is 12.5. The van der Waals surface area contributed by atoms with Crippen molar-refractivity contribution < 1.29 is 9.84 Å². The van der Waals surface area contributed by atoms with Crippen LogP contribution in [0.3, 0.4) is 0 Å². The molecule has 20 heavy (non-hydrogen) atoms. The summed E-state index contributed by atoms with van der Waals surface area (Å²) in [6, 6.07) is 5.51. The summed E-state index contributed by atoms with van der Waals surface area (Å²) in [5.41, 5.74) is 0.885. The number of likely N-dealkylation sites (tertiary alicyclic amines) is 1. The number of hydrogen-bond acceptors (Lipinski definition) is 3. The molecule has 0 atom stereocenters. The second-order valence-corrected chi connectivity index (χ2v) is 5.04. The second-order valence-electron chi connectivity index (χ2n) is 5.04. The Hall–Kier alpha value is -1.74. The molecular formula is C17H25NO2. The number of phenolic OH excluding ortho intramolecular Hbond substituents is 1. The summed E-state index contributed by atoms with van der Waals surface area (Å²) in [4.78, 5) is 2.31. The lowest BCUT2D eigenvalue weighted by atomic mass is 10.1. The molecule has 3 heteroatoms. The molecule has 2 rings (SSSR count). The van der Waals surface area contributed by atoms with Crippen LogP contribution in [0, 0.1) is 6.92 Å². The summed E-state index contributed by atoms with van der Waals surface area (Å²) in [5.74, 6) is 1.09. The lowest BCUT2D eigenvalue weighted by Crippen LogP contribution is -2.35. The van der Waals surface area contributed by atoms with Gasteiger partial charge in [0.15, 0.2) is 0 Å². The quantitative estimate of drug-likeness (QED) is 0.857. The van der Waals surface area contributed by atoms with Gasteiger partial charge in [-0.05, 0) is 38.4 Å². The summed E-state index contributed by atoms with van der Waals surface area (Å²) < 4.78 is 5.85. The van der Waals surface area contributed by atoms with E-state index >= 15 is 0 Å². The number of piperidine rings is 1. The van der Waals surface area contributed by atoms with Crippen molar-refractivity contribution in [2.24, 2.45) is 0 Å². The van der Waals surface area contributed by atoms with Crippen LogP contribution in [0.25, 0.3) is 0 Å². The first-order valence-electron chi connectivity index (χ1n) is 6.95. The maximum atomic E-state index is 9.58. The molecule has 3 nitrogen and oxygen atoms in total. The molecule has 0 radical (unpaired) electrons. The molecule has 110 valence electrons. The van der Waals surface area contributed by atoms with Gasteiger partial charge in [-0.15, -0.1) is 0 Å². The molecule has 1 aliphatic rings. The number of phenols is 1. The molecule has 1 N–H and O–H groups in total. The zero-order valence-corrected chi connectivity index (χ0v) is 12.5. The van der Waals surface area contributed by atoms with Gasteiger partial charge in [0.1, 0.15) is 17.6 Å². The van der Waals surface area contributed by atoms with Crippen molar-refractivity contribution in [3.63, 3.8) is 0 Å². The van der Waals surface area contributed by atoms with Gasteiger partial charge in [-0.1, -0.05) is 31.4 Å². The minimum atomic E-state index is 0.290.